The van der Waals surface area contributed by atoms with Crippen molar-refractivity contribution < 1.29 is 27.4 Å². The number of hydrogen-bond donors (Lipinski definition) is 1. The van der Waals surface area contributed by atoms with Crippen LogP contribution in [0.15, 0.2) is 96.9 Å². The van der Waals surface area contributed by atoms with Gasteiger partial charge in [0.2, 0.25) is 11.6 Å². The number of sulfonamides is 1. The summed E-state index contributed by atoms with van der Waals surface area (Å²) in [6.45, 7) is 0.00684. The Balaban J connectivity index is 1.54. The predicted octanol–water partition coefficient (Wildman–Crippen LogP) is 4.39. The number of nitrogens with zero attached hydrogens (tertiary/aromatic N) is 6. The number of aromatic nitrogens is 6. The van der Waals surface area contributed by atoms with Gasteiger partial charge in [-0.25, -0.2) is 33.3 Å². The maximum absolute atomic E-state index is 13.2. The molecule has 0 unspecified atom stereocenters. The van der Waals surface area contributed by atoms with Crippen LogP contribution in [0.1, 0.15) is 5.56 Å². The van der Waals surface area contributed by atoms with Crippen molar-refractivity contribution >= 4 is 21.9 Å². The summed E-state index contributed by atoms with van der Waals surface area (Å²) in [6, 6.07) is 19.2. The van der Waals surface area contributed by atoms with Gasteiger partial charge in [-0.1, -0.05) is 42.5 Å². The van der Waals surface area contributed by atoms with Gasteiger partial charge in [0.05, 0.1) is 12.5 Å². The van der Waals surface area contributed by atoms with Crippen molar-refractivity contribution in [2.75, 3.05) is 25.0 Å². The molecule has 218 valence electrons. The SMILES string of the molecule is COc1ccccc1Oc1c(NS(=O)(=O)/C=C/c2ccccc2)nc(-c2ncccn2)nc1OCCOc1ncccn1. The number of benzene rings is 2. The third-order valence-corrected chi connectivity index (χ3v) is 6.43. The topological polar surface area (TPSA) is 160 Å². The minimum atomic E-state index is -4.11. The van der Waals surface area contributed by atoms with E-state index >= 15 is 0 Å². The van der Waals surface area contributed by atoms with Crippen LogP contribution in [0.5, 0.6) is 29.1 Å². The molecule has 0 bridgehead atoms. The summed E-state index contributed by atoms with van der Waals surface area (Å²) in [5.74, 6) is 0.305. The third-order valence-electron chi connectivity index (χ3n) is 5.45. The highest BCUT2D eigenvalue weighted by atomic mass is 32.2. The van der Waals surface area contributed by atoms with E-state index in [1.54, 1.807) is 73.1 Å². The smallest absolute Gasteiger partial charge is 0.316 e. The number of ether oxygens (including phenoxy) is 4. The highest BCUT2D eigenvalue weighted by Gasteiger charge is 2.24. The van der Waals surface area contributed by atoms with E-state index in [1.165, 1.54) is 25.6 Å². The lowest BCUT2D eigenvalue weighted by Crippen LogP contribution is -2.15. The Bertz CT molecular complexity index is 1780. The fraction of sp³-hybridized carbons (Fsp3) is 0.103. The van der Waals surface area contributed by atoms with Gasteiger partial charge in [0.15, 0.2) is 23.1 Å². The first-order valence-electron chi connectivity index (χ1n) is 12.8. The van der Waals surface area contributed by atoms with Gasteiger partial charge in [-0.05, 0) is 35.9 Å². The average molecular weight is 600 g/mol. The molecule has 13 nitrogen and oxygen atoms in total. The zero-order valence-electron chi connectivity index (χ0n) is 22.8. The molecule has 1 N–H and O–H groups in total. The van der Waals surface area contributed by atoms with Crippen molar-refractivity contribution in [3.05, 3.63) is 102 Å². The molecule has 5 aromatic rings. The van der Waals surface area contributed by atoms with Gasteiger partial charge in [0.1, 0.15) is 13.2 Å². The van der Waals surface area contributed by atoms with Gasteiger partial charge in [0.25, 0.3) is 15.9 Å². The Labute approximate surface area is 247 Å². The van der Waals surface area contributed by atoms with Gasteiger partial charge >= 0.3 is 6.01 Å². The Morgan fingerprint density at radius 1 is 0.744 bits per heavy atom. The molecule has 0 fully saturated rings. The lowest BCUT2D eigenvalue weighted by molar-refractivity contribution is 0.197. The van der Waals surface area contributed by atoms with E-state index in [2.05, 4.69) is 34.6 Å². The van der Waals surface area contributed by atoms with E-state index in [0.717, 1.165) is 5.41 Å². The molecule has 0 aliphatic rings. The summed E-state index contributed by atoms with van der Waals surface area (Å²) >= 11 is 0. The minimum absolute atomic E-state index is 0.0139. The molecule has 0 saturated heterocycles. The van der Waals surface area contributed by atoms with Crippen LogP contribution in [-0.4, -0.2) is 58.6 Å². The summed E-state index contributed by atoms with van der Waals surface area (Å²) in [4.78, 5) is 25.3. The second-order valence-corrected chi connectivity index (χ2v) is 10.0. The third kappa shape index (κ3) is 7.98. The van der Waals surface area contributed by atoms with Gasteiger partial charge in [-0.15, -0.1) is 0 Å². The molecular formula is C29H25N7O6S. The molecule has 0 amide bonds. The van der Waals surface area contributed by atoms with Gasteiger partial charge < -0.3 is 18.9 Å². The molecule has 3 aromatic heterocycles. The largest absolute Gasteiger partial charge is 0.493 e. The average Bonchev–Trinajstić information content (AvgIpc) is 3.05. The quantitative estimate of drug-likeness (QED) is 0.190. The Morgan fingerprint density at radius 3 is 2.12 bits per heavy atom. The van der Waals surface area contributed by atoms with E-state index in [0.29, 0.717) is 11.3 Å². The lowest BCUT2D eigenvalue weighted by atomic mass is 10.2. The van der Waals surface area contributed by atoms with E-state index in [4.69, 9.17) is 18.9 Å². The van der Waals surface area contributed by atoms with E-state index in [9.17, 15) is 8.42 Å². The van der Waals surface area contributed by atoms with Crippen LogP contribution in [0.2, 0.25) is 0 Å². The van der Waals surface area contributed by atoms with E-state index in [-0.39, 0.29) is 54.1 Å². The van der Waals surface area contributed by atoms with Crippen molar-refractivity contribution in [3.8, 4) is 40.8 Å². The Morgan fingerprint density at radius 2 is 1.40 bits per heavy atom. The Kier molecular flexibility index (Phi) is 9.29. The number of hydrogen-bond acceptors (Lipinski definition) is 12. The van der Waals surface area contributed by atoms with Crippen LogP contribution < -0.4 is 23.7 Å². The second kappa shape index (κ2) is 13.8. The molecular weight excluding hydrogens is 574 g/mol. The minimum Gasteiger partial charge on any atom is -0.493 e. The van der Waals surface area contributed by atoms with Crippen LogP contribution >= 0.6 is 0 Å². The molecule has 0 aliphatic carbocycles. The van der Waals surface area contributed by atoms with Crippen LogP contribution in [0.25, 0.3) is 17.7 Å². The number of nitrogens with one attached hydrogen (secondary N) is 1. The molecule has 0 radical (unpaired) electrons. The Hall–Kier alpha value is -5.63. The van der Waals surface area contributed by atoms with Crippen molar-refractivity contribution in [1.29, 1.82) is 0 Å². The molecule has 43 heavy (non-hydrogen) atoms. The fourth-order valence-electron chi connectivity index (χ4n) is 3.55. The van der Waals surface area contributed by atoms with Crippen molar-refractivity contribution in [1.82, 2.24) is 29.9 Å². The summed E-state index contributed by atoms with van der Waals surface area (Å²) in [6.07, 6.45) is 7.55. The number of para-hydroxylation sites is 2. The monoisotopic (exact) mass is 599 g/mol. The van der Waals surface area contributed by atoms with Crippen LogP contribution in [0.3, 0.4) is 0 Å². The van der Waals surface area contributed by atoms with Crippen molar-refractivity contribution in [3.63, 3.8) is 0 Å². The van der Waals surface area contributed by atoms with Gasteiger partial charge in [0, 0.05) is 24.8 Å². The standard InChI is InChI=1S/C29H25N7O6S/c1-39-22-11-5-6-12-23(22)42-24-25(36-43(37,38)20-13-21-9-3-2-4-10-21)34-27(26-30-14-7-15-31-26)35-28(24)40-18-19-41-29-32-16-8-17-33-29/h2-17,20H,18-19H2,1H3,(H,34,35,36)/b20-13+. The zero-order valence-corrected chi connectivity index (χ0v) is 23.6. The molecule has 0 saturated carbocycles. The second-order valence-electron chi connectivity index (χ2n) is 8.44. The maximum atomic E-state index is 13.2. The summed E-state index contributed by atoms with van der Waals surface area (Å²) in [7, 11) is -2.63. The summed E-state index contributed by atoms with van der Waals surface area (Å²) in [5.41, 5.74) is 0.686. The van der Waals surface area contributed by atoms with E-state index < -0.39 is 10.0 Å². The highest BCUT2D eigenvalue weighted by Crippen LogP contribution is 2.41. The molecule has 3 heterocycles. The predicted molar refractivity (Wildman–Crippen MR) is 157 cm³/mol. The van der Waals surface area contributed by atoms with Crippen LogP contribution in [-0.2, 0) is 10.0 Å². The van der Waals surface area contributed by atoms with Crippen LogP contribution in [0, 0.1) is 0 Å². The molecule has 5 rings (SSSR count). The van der Waals surface area contributed by atoms with E-state index in [1.807, 2.05) is 6.07 Å². The number of rotatable bonds is 13. The molecule has 14 heteroatoms. The lowest BCUT2D eigenvalue weighted by Gasteiger charge is -2.17. The summed E-state index contributed by atoms with van der Waals surface area (Å²) < 4.78 is 52.0. The molecule has 0 aliphatic heterocycles. The number of anilines is 1. The zero-order chi connectivity index (χ0) is 29.9. The fourth-order valence-corrected chi connectivity index (χ4v) is 4.36. The molecule has 0 atom stereocenters. The highest BCUT2D eigenvalue weighted by molar-refractivity contribution is 7.95. The van der Waals surface area contributed by atoms with Gasteiger partial charge in [-0.2, -0.15) is 4.98 Å². The van der Waals surface area contributed by atoms with Crippen molar-refractivity contribution in [2.24, 2.45) is 0 Å². The molecule has 2 aromatic carbocycles. The maximum Gasteiger partial charge on any atom is 0.316 e. The van der Waals surface area contributed by atoms with Crippen molar-refractivity contribution in [2.45, 2.75) is 0 Å². The van der Waals surface area contributed by atoms with Gasteiger partial charge in [-0.3, -0.25) is 4.72 Å². The first-order chi connectivity index (χ1) is 21.0. The first kappa shape index (κ1) is 28.9. The summed E-state index contributed by atoms with van der Waals surface area (Å²) in [5, 5.41) is 1.02. The normalized spacial score (nSPS) is 11.2. The molecule has 0 spiro atoms. The first-order valence-corrected chi connectivity index (χ1v) is 14.3. The number of methoxy groups -OCH3 is 1. The van der Waals surface area contributed by atoms with Crippen LogP contribution in [0.4, 0.5) is 5.82 Å².